The maximum absolute atomic E-state index is 12.2. The molecule has 6 heteroatoms. The number of carbonyl (C=O) groups is 2. The number of hydrogen-bond donors (Lipinski definition) is 1. The molecule has 1 aromatic heterocycles. The van der Waals surface area contributed by atoms with E-state index in [0.29, 0.717) is 12.1 Å². The Bertz CT molecular complexity index is 677. The monoisotopic (exact) mass is 332 g/mol. The van der Waals surface area contributed by atoms with Crippen molar-refractivity contribution in [2.45, 2.75) is 19.3 Å². The number of halogens is 1. The minimum absolute atomic E-state index is 0.183. The fourth-order valence-corrected chi connectivity index (χ4v) is 2.29. The average Bonchev–Trinajstić information content (AvgIpc) is 2.57. The Labute approximate surface area is 139 Å². The predicted molar refractivity (Wildman–Crippen MR) is 88.3 cm³/mol. The summed E-state index contributed by atoms with van der Waals surface area (Å²) in [5.74, 6) is -1.27. The number of aromatic nitrogens is 1. The number of rotatable bonds is 6. The lowest BCUT2D eigenvalue weighted by molar-refractivity contribution is -0.149. The fraction of sp³-hybridized carbons (Fsp3) is 0.235. The lowest BCUT2D eigenvalue weighted by atomic mass is 9.97. The molecule has 23 heavy (non-hydrogen) atoms. The minimum atomic E-state index is -0.462. The summed E-state index contributed by atoms with van der Waals surface area (Å²) in [5.41, 5.74) is 1.25. The van der Waals surface area contributed by atoms with Crippen LogP contribution in [0.4, 0.5) is 5.69 Å². The van der Waals surface area contributed by atoms with E-state index in [1.807, 2.05) is 37.3 Å². The highest BCUT2D eigenvalue weighted by Gasteiger charge is 2.21. The molecule has 0 radical (unpaired) electrons. The van der Waals surface area contributed by atoms with E-state index in [-0.39, 0.29) is 17.7 Å². The van der Waals surface area contributed by atoms with E-state index in [1.54, 1.807) is 12.1 Å². The standard InChI is InChI=1S/C17H17ClN2O3/c1-2-13(12-7-4-3-5-8-12)17(22)23-11-15(21)20-14-9-6-10-19-16(14)18/h3-10,13H,2,11H2,1H3,(H,20,21)/t13-/m0/s1. The highest BCUT2D eigenvalue weighted by atomic mass is 35.5. The van der Waals surface area contributed by atoms with Crippen LogP contribution in [0.25, 0.3) is 0 Å². The van der Waals surface area contributed by atoms with Gasteiger partial charge in [-0.05, 0) is 24.1 Å². The van der Waals surface area contributed by atoms with Crippen molar-refractivity contribution >= 4 is 29.2 Å². The van der Waals surface area contributed by atoms with Gasteiger partial charge in [0.05, 0.1) is 11.6 Å². The van der Waals surface area contributed by atoms with E-state index >= 15 is 0 Å². The van der Waals surface area contributed by atoms with Crippen molar-refractivity contribution in [1.82, 2.24) is 4.98 Å². The summed E-state index contributed by atoms with van der Waals surface area (Å²) in [6.07, 6.45) is 2.11. The van der Waals surface area contributed by atoms with Crippen molar-refractivity contribution in [2.75, 3.05) is 11.9 Å². The Kier molecular flexibility index (Phi) is 6.11. The number of benzene rings is 1. The van der Waals surface area contributed by atoms with E-state index in [2.05, 4.69) is 10.3 Å². The number of esters is 1. The number of anilines is 1. The summed E-state index contributed by atoms with van der Waals surface area (Å²) in [5, 5.41) is 2.73. The number of amides is 1. The van der Waals surface area contributed by atoms with E-state index in [4.69, 9.17) is 16.3 Å². The largest absolute Gasteiger partial charge is 0.455 e. The molecule has 0 aliphatic rings. The SMILES string of the molecule is CC[C@H](C(=O)OCC(=O)Nc1cccnc1Cl)c1ccccc1. The summed E-state index contributed by atoms with van der Waals surface area (Å²) in [6, 6.07) is 12.6. The van der Waals surface area contributed by atoms with Gasteiger partial charge in [-0.2, -0.15) is 0 Å². The molecule has 1 amide bonds. The minimum Gasteiger partial charge on any atom is -0.455 e. The molecule has 2 rings (SSSR count). The van der Waals surface area contributed by atoms with Crippen molar-refractivity contribution in [1.29, 1.82) is 0 Å². The lowest BCUT2D eigenvalue weighted by Gasteiger charge is -2.14. The number of carbonyl (C=O) groups excluding carboxylic acids is 2. The Balaban J connectivity index is 1.90. The van der Waals surface area contributed by atoms with Crippen molar-refractivity contribution in [3.8, 4) is 0 Å². The maximum atomic E-state index is 12.2. The summed E-state index contributed by atoms with van der Waals surface area (Å²) in [4.78, 5) is 27.9. The van der Waals surface area contributed by atoms with Gasteiger partial charge in [-0.25, -0.2) is 4.98 Å². The number of ether oxygens (including phenoxy) is 1. The molecule has 0 unspecified atom stereocenters. The van der Waals surface area contributed by atoms with Crippen LogP contribution in [0, 0.1) is 0 Å². The molecular formula is C17H17ClN2O3. The van der Waals surface area contributed by atoms with Gasteiger partial charge in [-0.1, -0.05) is 48.9 Å². The highest BCUT2D eigenvalue weighted by Crippen LogP contribution is 2.21. The van der Waals surface area contributed by atoms with Gasteiger partial charge in [0.2, 0.25) is 0 Å². The first-order chi connectivity index (χ1) is 11.1. The fourth-order valence-electron chi connectivity index (χ4n) is 2.13. The van der Waals surface area contributed by atoms with Crippen LogP contribution in [0.5, 0.6) is 0 Å². The van der Waals surface area contributed by atoms with Gasteiger partial charge in [-0.15, -0.1) is 0 Å². The molecule has 0 aliphatic heterocycles. The summed E-state index contributed by atoms with van der Waals surface area (Å²) < 4.78 is 5.11. The summed E-state index contributed by atoms with van der Waals surface area (Å²) in [7, 11) is 0. The van der Waals surface area contributed by atoms with Crippen LogP contribution in [0.3, 0.4) is 0 Å². The Morgan fingerprint density at radius 3 is 2.61 bits per heavy atom. The van der Waals surface area contributed by atoms with Crippen LogP contribution < -0.4 is 5.32 Å². The van der Waals surface area contributed by atoms with E-state index in [1.165, 1.54) is 6.20 Å². The molecule has 1 atom stereocenters. The molecule has 5 nitrogen and oxygen atoms in total. The van der Waals surface area contributed by atoms with Crippen molar-refractivity contribution in [2.24, 2.45) is 0 Å². The second-order valence-electron chi connectivity index (χ2n) is 4.87. The van der Waals surface area contributed by atoms with Gasteiger partial charge >= 0.3 is 5.97 Å². The zero-order valence-corrected chi connectivity index (χ0v) is 13.4. The predicted octanol–water partition coefficient (Wildman–Crippen LogP) is 3.41. The first-order valence-corrected chi connectivity index (χ1v) is 7.61. The molecule has 0 saturated carbocycles. The number of nitrogens with zero attached hydrogens (tertiary/aromatic N) is 1. The highest BCUT2D eigenvalue weighted by molar-refractivity contribution is 6.32. The van der Waals surface area contributed by atoms with Gasteiger partial charge in [0.1, 0.15) is 0 Å². The van der Waals surface area contributed by atoms with Crippen molar-refractivity contribution in [3.05, 3.63) is 59.4 Å². The van der Waals surface area contributed by atoms with Gasteiger partial charge in [0, 0.05) is 6.20 Å². The van der Waals surface area contributed by atoms with Crippen molar-refractivity contribution in [3.63, 3.8) is 0 Å². The molecule has 1 aromatic carbocycles. The van der Waals surface area contributed by atoms with Gasteiger partial charge in [-0.3, -0.25) is 9.59 Å². The van der Waals surface area contributed by atoms with Crippen LogP contribution in [-0.2, 0) is 14.3 Å². The summed E-state index contributed by atoms with van der Waals surface area (Å²) >= 11 is 5.85. The molecule has 0 aliphatic carbocycles. The summed E-state index contributed by atoms with van der Waals surface area (Å²) in [6.45, 7) is 1.53. The molecule has 0 fully saturated rings. The van der Waals surface area contributed by atoms with E-state index in [0.717, 1.165) is 5.56 Å². The van der Waals surface area contributed by atoms with Crippen LogP contribution in [-0.4, -0.2) is 23.5 Å². The van der Waals surface area contributed by atoms with E-state index in [9.17, 15) is 9.59 Å². The number of nitrogens with one attached hydrogen (secondary N) is 1. The smallest absolute Gasteiger partial charge is 0.313 e. The van der Waals surface area contributed by atoms with Crippen LogP contribution in [0.2, 0.25) is 5.15 Å². The number of pyridine rings is 1. The van der Waals surface area contributed by atoms with Crippen LogP contribution in [0.15, 0.2) is 48.7 Å². The Hall–Kier alpha value is -2.40. The Morgan fingerprint density at radius 2 is 1.96 bits per heavy atom. The molecule has 2 aromatic rings. The second-order valence-corrected chi connectivity index (χ2v) is 5.23. The molecule has 0 saturated heterocycles. The van der Waals surface area contributed by atoms with Gasteiger partial charge < -0.3 is 10.1 Å². The Morgan fingerprint density at radius 1 is 1.22 bits per heavy atom. The molecule has 1 heterocycles. The first-order valence-electron chi connectivity index (χ1n) is 7.23. The third-order valence-corrected chi connectivity index (χ3v) is 3.57. The third kappa shape index (κ3) is 4.79. The molecule has 0 bridgehead atoms. The number of hydrogen-bond acceptors (Lipinski definition) is 4. The van der Waals surface area contributed by atoms with E-state index < -0.39 is 11.9 Å². The van der Waals surface area contributed by atoms with Crippen LogP contribution >= 0.6 is 11.6 Å². The average molecular weight is 333 g/mol. The third-order valence-electron chi connectivity index (χ3n) is 3.27. The zero-order valence-electron chi connectivity index (χ0n) is 12.7. The molecule has 120 valence electrons. The second kappa shape index (κ2) is 8.29. The maximum Gasteiger partial charge on any atom is 0.313 e. The van der Waals surface area contributed by atoms with Gasteiger partial charge in [0.25, 0.3) is 5.91 Å². The first kappa shape index (κ1) is 17.0. The molecular weight excluding hydrogens is 316 g/mol. The van der Waals surface area contributed by atoms with Gasteiger partial charge in [0.15, 0.2) is 11.8 Å². The zero-order chi connectivity index (χ0) is 16.7. The molecule has 0 spiro atoms. The topological polar surface area (TPSA) is 68.3 Å². The van der Waals surface area contributed by atoms with Crippen LogP contribution in [0.1, 0.15) is 24.8 Å². The molecule has 1 N–H and O–H groups in total. The quantitative estimate of drug-likeness (QED) is 0.650. The normalized spacial score (nSPS) is 11.6. The van der Waals surface area contributed by atoms with Crippen molar-refractivity contribution < 1.29 is 14.3 Å². The lowest BCUT2D eigenvalue weighted by Crippen LogP contribution is -2.24.